The highest BCUT2D eigenvalue weighted by molar-refractivity contribution is 6.33. The summed E-state index contributed by atoms with van der Waals surface area (Å²) in [5, 5.41) is 0.427. The fourth-order valence-corrected chi connectivity index (χ4v) is 1.58. The molecule has 0 aromatic heterocycles. The van der Waals surface area contributed by atoms with Crippen molar-refractivity contribution in [2.45, 2.75) is 6.61 Å². The maximum atomic E-state index is 13.3. The molecule has 2 N–H and O–H groups in total. The summed E-state index contributed by atoms with van der Waals surface area (Å²) in [5.41, 5.74) is 6.69. The Kier molecular flexibility index (Phi) is 3.67. The number of ether oxygens (including phenoxy) is 1. The average molecular weight is 270 g/mol. The first kappa shape index (κ1) is 12.6. The molecule has 2 rings (SSSR count). The Labute approximate surface area is 108 Å². The molecular formula is C13H10ClF2NO. The molecule has 94 valence electrons. The summed E-state index contributed by atoms with van der Waals surface area (Å²) < 4.78 is 31.7. The van der Waals surface area contributed by atoms with E-state index in [2.05, 4.69) is 0 Å². The van der Waals surface area contributed by atoms with Gasteiger partial charge in [-0.15, -0.1) is 0 Å². The second-order valence-electron chi connectivity index (χ2n) is 3.70. The highest BCUT2D eigenvalue weighted by Gasteiger charge is 2.09. The van der Waals surface area contributed by atoms with Crippen LogP contribution in [-0.2, 0) is 6.61 Å². The number of hydrogen-bond donors (Lipinski definition) is 1. The zero-order valence-corrected chi connectivity index (χ0v) is 10.0. The Balaban J connectivity index is 2.14. The lowest BCUT2D eigenvalue weighted by Crippen LogP contribution is -2.00. The molecule has 0 saturated heterocycles. The molecular weight excluding hydrogens is 260 g/mol. The fourth-order valence-electron chi connectivity index (χ4n) is 1.46. The second-order valence-corrected chi connectivity index (χ2v) is 4.10. The van der Waals surface area contributed by atoms with Gasteiger partial charge in [0, 0.05) is 0 Å². The smallest absolute Gasteiger partial charge is 0.191 e. The quantitative estimate of drug-likeness (QED) is 0.861. The van der Waals surface area contributed by atoms with E-state index in [0.29, 0.717) is 16.3 Å². The molecule has 0 atom stereocenters. The molecule has 0 aliphatic heterocycles. The fraction of sp³-hybridized carbons (Fsp3) is 0.0769. The van der Waals surface area contributed by atoms with Crippen LogP contribution >= 0.6 is 11.6 Å². The average Bonchev–Trinajstić information content (AvgIpc) is 2.33. The van der Waals surface area contributed by atoms with Crippen LogP contribution in [0.5, 0.6) is 5.75 Å². The van der Waals surface area contributed by atoms with E-state index in [1.807, 2.05) is 0 Å². The minimum Gasteiger partial charge on any atom is -0.483 e. The number of hydrogen-bond acceptors (Lipinski definition) is 2. The van der Waals surface area contributed by atoms with Crippen LogP contribution in [-0.4, -0.2) is 0 Å². The number of para-hydroxylation sites is 1. The van der Waals surface area contributed by atoms with E-state index in [0.717, 1.165) is 12.1 Å². The van der Waals surface area contributed by atoms with Gasteiger partial charge in [-0.2, -0.15) is 0 Å². The van der Waals surface area contributed by atoms with Crippen molar-refractivity contribution < 1.29 is 13.5 Å². The van der Waals surface area contributed by atoms with Crippen LogP contribution in [0.15, 0.2) is 36.4 Å². The Morgan fingerprint density at radius 3 is 2.39 bits per heavy atom. The summed E-state index contributed by atoms with van der Waals surface area (Å²) in [6.45, 7) is 0.0131. The summed E-state index contributed by atoms with van der Waals surface area (Å²) in [7, 11) is 0. The van der Waals surface area contributed by atoms with Crippen LogP contribution in [0.1, 0.15) is 5.56 Å². The number of halogens is 3. The van der Waals surface area contributed by atoms with Gasteiger partial charge in [0.2, 0.25) is 0 Å². The third-order valence-corrected chi connectivity index (χ3v) is 2.71. The summed E-state index contributed by atoms with van der Waals surface area (Å²) in [6, 6.07) is 8.42. The standard InChI is InChI=1S/C13H10ClF2NO/c14-9-5-4-8(6-12(9)17)7-18-13-10(15)2-1-3-11(13)16/h1-6H,7,17H2. The zero-order valence-electron chi connectivity index (χ0n) is 9.29. The summed E-state index contributed by atoms with van der Waals surface area (Å²) >= 11 is 5.76. The Morgan fingerprint density at radius 2 is 1.78 bits per heavy atom. The van der Waals surface area contributed by atoms with Crippen LogP contribution in [0, 0.1) is 11.6 Å². The maximum absolute atomic E-state index is 13.3. The SMILES string of the molecule is Nc1cc(COc2c(F)cccc2F)ccc1Cl. The predicted octanol–water partition coefficient (Wildman–Crippen LogP) is 3.78. The molecule has 0 bridgehead atoms. The first-order valence-electron chi connectivity index (χ1n) is 5.18. The third kappa shape index (κ3) is 2.71. The molecule has 2 nitrogen and oxygen atoms in total. The van der Waals surface area contributed by atoms with Gasteiger partial charge in [-0.1, -0.05) is 23.7 Å². The number of rotatable bonds is 3. The lowest BCUT2D eigenvalue weighted by Gasteiger charge is -2.09. The monoisotopic (exact) mass is 269 g/mol. The van der Waals surface area contributed by atoms with Crippen molar-refractivity contribution in [1.82, 2.24) is 0 Å². The number of nitrogens with two attached hydrogens (primary N) is 1. The van der Waals surface area contributed by atoms with Crippen molar-refractivity contribution in [3.05, 3.63) is 58.6 Å². The predicted molar refractivity (Wildman–Crippen MR) is 66.6 cm³/mol. The van der Waals surface area contributed by atoms with Crippen molar-refractivity contribution in [2.75, 3.05) is 5.73 Å². The molecule has 0 heterocycles. The first-order valence-corrected chi connectivity index (χ1v) is 5.56. The number of benzene rings is 2. The van der Waals surface area contributed by atoms with Crippen molar-refractivity contribution in [2.24, 2.45) is 0 Å². The molecule has 0 aliphatic rings. The van der Waals surface area contributed by atoms with Gasteiger partial charge in [0.1, 0.15) is 6.61 Å². The summed E-state index contributed by atoms with van der Waals surface area (Å²) in [5.74, 6) is -1.88. The van der Waals surface area contributed by atoms with E-state index in [4.69, 9.17) is 22.1 Å². The molecule has 0 amide bonds. The van der Waals surface area contributed by atoms with E-state index < -0.39 is 17.4 Å². The topological polar surface area (TPSA) is 35.2 Å². The van der Waals surface area contributed by atoms with Crippen molar-refractivity contribution in [3.8, 4) is 5.75 Å². The number of nitrogen functional groups attached to an aromatic ring is 1. The third-order valence-electron chi connectivity index (χ3n) is 2.36. The van der Waals surface area contributed by atoms with Gasteiger partial charge in [0.15, 0.2) is 17.4 Å². The van der Waals surface area contributed by atoms with E-state index in [1.165, 1.54) is 6.07 Å². The van der Waals surface area contributed by atoms with Gasteiger partial charge in [0.05, 0.1) is 10.7 Å². The van der Waals surface area contributed by atoms with Crippen LogP contribution in [0.2, 0.25) is 5.02 Å². The lowest BCUT2D eigenvalue weighted by molar-refractivity contribution is 0.274. The largest absolute Gasteiger partial charge is 0.483 e. The molecule has 0 fully saturated rings. The van der Waals surface area contributed by atoms with Gasteiger partial charge in [-0.25, -0.2) is 8.78 Å². The highest BCUT2D eigenvalue weighted by atomic mass is 35.5. The molecule has 18 heavy (non-hydrogen) atoms. The molecule has 0 unspecified atom stereocenters. The lowest BCUT2D eigenvalue weighted by atomic mass is 10.2. The molecule has 2 aromatic carbocycles. The first-order chi connectivity index (χ1) is 8.58. The van der Waals surface area contributed by atoms with Crippen molar-refractivity contribution >= 4 is 17.3 Å². The van der Waals surface area contributed by atoms with Crippen molar-refractivity contribution in [1.29, 1.82) is 0 Å². The molecule has 0 radical (unpaired) electrons. The Bertz CT molecular complexity index is 555. The number of anilines is 1. The van der Waals surface area contributed by atoms with Gasteiger partial charge in [-0.05, 0) is 29.8 Å². The highest BCUT2D eigenvalue weighted by Crippen LogP contribution is 2.24. The minimum atomic E-state index is -0.739. The molecule has 2 aromatic rings. The van der Waals surface area contributed by atoms with Crippen LogP contribution in [0.25, 0.3) is 0 Å². The van der Waals surface area contributed by atoms with Gasteiger partial charge >= 0.3 is 0 Å². The molecule has 0 aliphatic carbocycles. The van der Waals surface area contributed by atoms with E-state index in [-0.39, 0.29) is 6.61 Å². The minimum absolute atomic E-state index is 0.0131. The molecule has 0 spiro atoms. The van der Waals surface area contributed by atoms with E-state index >= 15 is 0 Å². The summed E-state index contributed by atoms with van der Waals surface area (Å²) in [6.07, 6.45) is 0. The van der Waals surface area contributed by atoms with Crippen LogP contribution < -0.4 is 10.5 Å². The summed E-state index contributed by atoms with van der Waals surface area (Å²) in [4.78, 5) is 0. The van der Waals surface area contributed by atoms with Crippen LogP contribution in [0.4, 0.5) is 14.5 Å². The maximum Gasteiger partial charge on any atom is 0.191 e. The molecule has 5 heteroatoms. The Hall–Kier alpha value is -1.81. The zero-order chi connectivity index (χ0) is 13.1. The van der Waals surface area contributed by atoms with Gasteiger partial charge in [-0.3, -0.25) is 0 Å². The second kappa shape index (κ2) is 5.23. The van der Waals surface area contributed by atoms with E-state index in [1.54, 1.807) is 18.2 Å². The van der Waals surface area contributed by atoms with E-state index in [9.17, 15) is 8.78 Å². The van der Waals surface area contributed by atoms with Crippen LogP contribution in [0.3, 0.4) is 0 Å². The van der Waals surface area contributed by atoms with Gasteiger partial charge in [0.25, 0.3) is 0 Å². The van der Waals surface area contributed by atoms with Crippen molar-refractivity contribution in [3.63, 3.8) is 0 Å². The Morgan fingerprint density at radius 1 is 1.11 bits per heavy atom. The normalized spacial score (nSPS) is 10.4. The van der Waals surface area contributed by atoms with Gasteiger partial charge < -0.3 is 10.5 Å². The molecule has 0 saturated carbocycles.